The molecule has 4 aromatic rings. The molecule has 0 N–H and O–H groups in total. The van der Waals surface area contributed by atoms with Crippen LogP contribution in [-0.4, -0.2) is 0 Å². The van der Waals surface area contributed by atoms with Gasteiger partial charge in [-0.1, -0.05) is 201 Å². The van der Waals surface area contributed by atoms with Gasteiger partial charge >= 0.3 is 0 Å². The van der Waals surface area contributed by atoms with Gasteiger partial charge in [-0.25, -0.2) is 0 Å². The van der Waals surface area contributed by atoms with Crippen molar-refractivity contribution in [2.45, 2.75) is 199 Å². The summed E-state index contributed by atoms with van der Waals surface area (Å²) in [6, 6.07) is 24.8. The maximum Gasteiger partial charge on any atom is -0.0129 e. The van der Waals surface area contributed by atoms with Crippen molar-refractivity contribution in [3.8, 4) is 0 Å². The highest BCUT2D eigenvalue weighted by molar-refractivity contribution is 5.44. The van der Waals surface area contributed by atoms with Crippen LogP contribution in [0.4, 0.5) is 0 Å². The van der Waals surface area contributed by atoms with Crippen molar-refractivity contribution >= 4 is 0 Å². The highest BCUT2D eigenvalue weighted by atomic mass is 14.3. The summed E-state index contributed by atoms with van der Waals surface area (Å²) in [6.07, 6.45) is 0. The van der Waals surface area contributed by atoms with Crippen molar-refractivity contribution in [2.75, 3.05) is 0 Å². The molecule has 0 saturated heterocycles. The second-order valence-electron chi connectivity index (χ2n) is 20.4. The van der Waals surface area contributed by atoms with Crippen molar-refractivity contribution in [1.29, 1.82) is 0 Å². The minimum Gasteiger partial charge on any atom is -0.0591 e. The average Bonchev–Trinajstić information content (AvgIpc) is 3.02. The van der Waals surface area contributed by atoms with E-state index in [-0.39, 0.29) is 16.2 Å². The lowest BCUT2D eigenvalue weighted by atomic mass is 9.78. The molecule has 0 unspecified atom stereocenters. The SMILES string of the molecule is Cc1c(C(C)C)cc(C(C)C)cc1C(C)(C)C.Cc1cc(C(C)C)c(C)c(C(C)C)c1.Cc1ccc(C(C)(C)C)cc1C(C)(C)C.Cc1ccc(C)cc1. The van der Waals surface area contributed by atoms with Crippen LogP contribution in [0, 0.1) is 41.5 Å². The predicted octanol–water partition coefficient (Wildman–Crippen LogP) is 17.0. The minimum absolute atomic E-state index is 0.235. The van der Waals surface area contributed by atoms with E-state index in [0.29, 0.717) is 23.7 Å². The Morgan fingerprint density at radius 3 is 1.07 bits per heavy atom. The third kappa shape index (κ3) is 15.2. The summed E-state index contributed by atoms with van der Waals surface area (Å²) in [4.78, 5) is 0. The van der Waals surface area contributed by atoms with Gasteiger partial charge in [-0.2, -0.15) is 0 Å². The maximum atomic E-state index is 2.41. The van der Waals surface area contributed by atoms with Crippen molar-refractivity contribution in [3.63, 3.8) is 0 Å². The van der Waals surface area contributed by atoms with Crippen LogP contribution in [0.25, 0.3) is 0 Å². The van der Waals surface area contributed by atoms with Gasteiger partial charge in [0.05, 0.1) is 0 Å². The first kappa shape index (κ1) is 48.9. The van der Waals surface area contributed by atoms with Gasteiger partial charge in [-0.15, -0.1) is 0 Å². The summed E-state index contributed by atoms with van der Waals surface area (Å²) in [7, 11) is 0. The lowest BCUT2D eigenvalue weighted by Crippen LogP contribution is -2.17. The quantitative estimate of drug-likeness (QED) is 0.196. The average molecular weight is 733 g/mol. The lowest BCUT2D eigenvalue weighted by Gasteiger charge is -2.27. The molecule has 0 atom stereocenters. The van der Waals surface area contributed by atoms with E-state index in [1.807, 2.05) is 0 Å². The summed E-state index contributed by atoms with van der Waals surface area (Å²) in [5.74, 6) is 2.48. The number of hydrogen-bond donors (Lipinski definition) is 0. The summed E-state index contributed by atoms with van der Waals surface area (Å²) in [5.41, 5.74) is 19.5. The summed E-state index contributed by atoms with van der Waals surface area (Å²) >= 11 is 0. The van der Waals surface area contributed by atoms with Gasteiger partial charge in [0.25, 0.3) is 0 Å². The van der Waals surface area contributed by atoms with Crippen LogP contribution in [0.2, 0.25) is 0 Å². The normalized spacial score (nSPS) is 11.9. The molecule has 0 heteroatoms. The predicted molar refractivity (Wildman–Crippen MR) is 247 cm³/mol. The van der Waals surface area contributed by atoms with E-state index in [1.165, 1.54) is 72.3 Å². The molecule has 0 spiro atoms. The third-order valence-electron chi connectivity index (χ3n) is 10.6. The van der Waals surface area contributed by atoms with Gasteiger partial charge in [0.1, 0.15) is 0 Å². The second-order valence-corrected chi connectivity index (χ2v) is 20.4. The Bertz CT molecular complexity index is 1680. The van der Waals surface area contributed by atoms with E-state index >= 15 is 0 Å². The Labute approximate surface area is 337 Å². The molecule has 0 radical (unpaired) electrons. The standard InChI is InChI=1S/C17H28.C15H24.C14H22.C8H10/c1-11(2)14-9-15(12(3)4)13(5)16(10-14)17(6,7)8;1-11-8-9-12(14(2,3)4)10-13(11)15(5,6)7;1-9(2)13-7-11(5)8-14(10(3)4)12(13)6;1-7-3-5-8(2)6-4-7/h9-12H,1-8H3;8-10H,1-7H3;7-10H,1-6H3;3-6H,1-2H3. The monoisotopic (exact) mass is 733 g/mol. The zero-order valence-corrected chi connectivity index (χ0v) is 39.7. The van der Waals surface area contributed by atoms with E-state index in [4.69, 9.17) is 0 Å². The molecule has 0 aliphatic rings. The van der Waals surface area contributed by atoms with Crippen LogP contribution in [0.15, 0.2) is 66.7 Å². The smallest absolute Gasteiger partial charge is 0.0129 e. The largest absolute Gasteiger partial charge is 0.0591 e. The van der Waals surface area contributed by atoms with E-state index in [2.05, 4.69) is 226 Å². The molecule has 0 heterocycles. The Balaban J connectivity index is 0.000000369. The highest BCUT2D eigenvalue weighted by Gasteiger charge is 2.22. The molecule has 4 aromatic carbocycles. The van der Waals surface area contributed by atoms with Crippen LogP contribution in [-0.2, 0) is 16.2 Å². The number of benzene rings is 4. The summed E-state index contributed by atoms with van der Waals surface area (Å²) in [5, 5.41) is 0. The first-order chi connectivity index (χ1) is 24.5. The lowest BCUT2D eigenvalue weighted by molar-refractivity contribution is 0.566. The fourth-order valence-electron chi connectivity index (χ4n) is 7.12. The van der Waals surface area contributed by atoms with E-state index in [1.54, 1.807) is 0 Å². The number of rotatable bonds is 4. The zero-order valence-electron chi connectivity index (χ0n) is 39.7. The molecule has 0 bridgehead atoms. The maximum absolute atomic E-state index is 2.41. The second kappa shape index (κ2) is 20.2. The summed E-state index contributed by atoms with van der Waals surface area (Å²) in [6.45, 7) is 51.9. The molecule has 54 heavy (non-hydrogen) atoms. The molecular weight excluding hydrogens is 649 g/mol. The molecule has 300 valence electrons. The van der Waals surface area contributed by atoms with Crippen LogP contribution < -0.4 is 0 Å². The molecule has 0 nitrogen and oxygen atoms in total. The van der Waals surface area contributed by atoms with Gasteiger partial charge in [-0.3, -0.25) is 0 Å². The van der Waals surface area contributed by atoms with Crippen molar-refractivity contribution < 1.29 is 0 Å². The van der Waals surface area contributed by atoms with Crippen LogP contribution in [0.1, 0.15) is 214 Å². The van der Waals surface area contributed by atoms with Crippen molar-refractivity contribution in [2.24, 2.45) is 0 Å². The topological polar surface area (TPSA) is 0 Å². The molecule has 0 fully saturated rings. The van der Waals surface area contributed by atoms with Gasteiger partial charge in [-0.05, 0) is 137 Å². The number of aryl methyl sites for hydroxylation is 4. The molecular formula is C54H84. The zero-order chi connectivity index (χ0) is 42.1. The van der Waals surface area contributed by atoms with Gasteiger partial charge < -0.3 is 0 Å². The Morgan fingerprint density at radius 1 is 0.352 bits per heavy atom. The van der Waals surface area contributed by atoms with Crippen LogP contribution in [0.3, 0.4) is 0 Å². The summed E-state index contributed by atoms with van der Waals surface area (Å²) < 4.78 is 0. The van der Waals surface area contributed by atoms with Crippen LogP contribution >= 0.6 is 0 Å². The van der Waals surface area contributed by atoms with E-state index in [0.717, 1.165) is 0 Å². The first-order valence-corrected chi connectivity index (χ1v) is 20.9. The molecule has 4 rings (SSSR count). The van der Waals surface area contributed by atoms with Crippen molar-refractivity contribution in [1.82, 2.24) is 0 Å². The van der Waals surface area contributed by atoms with Gasteiger partial charge in [0, 0.05) is 0 Å². The first-order valence-electron chi connectivity index (χ1n) is 20.9. The fraction of sp³-hybridized carbons (Fsp3) is 0.556. The van der Waals surface area contributed by atoms with Gasteiger partial charge in [0.15, 0.2) is 0 Å². The fourth-order valence-corrected chi connectivity index (χ4v) is 7.12. The molecule has 0 saturated carbocycles. The van der Waals surface area contributed by atoms with E-state index in [9.17, 15) is 0 Å². The Kier molecular flexibility index (Phi) is 18.3. The van der Waals surface area contributed by atoms with E-state index < -0.39 is 0 Å². The molecule has 0 aliphatic carbocycles. The van der Waals surface area contributed by atoms with Crippen molar-refractivity contribution in [3.05, 3.63) is 139 Å². The number of hydrogen-bond acceptors (Lipinski definition) is 0. The molecule has 0 aromatic heterocycles. The minimum atomic E-state index is 0.235. The van der Waals surface area contributed by atoms with Crippen LogP contribution in [0.5, 0.6) is 0 Å². The Hall–Kier alpha value is -3.12. The van der Waals surface area contributed by atoms with Gasteiger partial charge in [0.2, 0.25) is 0 Å². The highest BCUT2D eigenvalue weighted by Crippen LogP contribution is 2.35. The third-order valence-corrected chi connectivity index (χ3v) is 10.6. The molecule has 0 aliphatic heterocycles. The Morgan fingerprint density at radius 2 is 0.741 bits per heavy atom. The molecule has 0 amide bonds.